The molecule has 0 bridgehead atoms. The SMILES string of the molecule is CN(C(=O)c1cc(NC(=O)C2C(c3ccc(Cl)c(Cl)c3)C2(Cl)Cl)ccc1Cl)c1ccc(F)[c]c1F. The first kappa shape index (κ1) is 26.0. The molecule has 4 nitrogen and oxygen atoms in total. The lowest BCUT2D eigenvalue weighted by Crippen LogP contribution is -2.27. The third kappa shape index (κ3) is 5.09. The van der Waals surface area contributed by atoms with Crippen LogP contribution in [0.5, 0.6) is 0 Å². The summed E-state index contributed by atoms with van der Waals surface area (Å²) in [5, 5.41) is 3.40. The van der Waals surface area contributed by atoms with Gasteiger partial charge in [-0.25, -0.2) is 8.78 Å². The molecule has 35 heavy (non-hydrogen) atoms. The number of nitrogens with one attached hydrogen (secondary N) is 1. The fourth-order valence-electron chi connectivity index (χ4n) is 3.75. The number of anilines is 2. The van der Waals surface area contributed by atoms with E-state index in [9.17, 15) is 18.4 Å². The Bertz CT molecular complexity index is 1350. The molecule has 1 aliphatic carbocycles. The van der Waals surface area contributed by atoms with Crippen molar-refractivity contribution in [3.8, 4) is 0 Å². The van der Waals surface area contributed by atoms with Gasteiger partial charge in [-0.3, -0.25) is 9.59 Å². The van der Waals surface area contributed by atoms with Gasteiger partial charge in [-0.05, 0) is 48.0 Å². The molecule has 2 atom stereocenters. The number of carbonyl (C=O) groups is 2. The molecule has 0 aliphatic heterocycles. The maximum absolute atomic E-state index is 14.1. The van der Waals surface area contributed by atoms with Crippen LogP contribution in [0, 0.1) is 23.6 Å². The van der Waals surface area contributed by atoms with Crippen LogP contribution in [0.15, 0.2) is 48.5 Å². The van der Waals surface area contributed by atoms with Crippen LogP contribution in [-0.4, -0.2) is 23.2 Å². The van der Waals surface area contributed by atoms with Crippen LogP contribution in [0.3, 0.4) is 0 Å². The Kier molecular flexibility index (Phi) is 7.24. The number of hydrogen-bond donors (Lipinski definition) is 1. The molecule has 0 saturated heterocycles. The lowest BCUT2D eigenvalue weighted by Gasteiger charge is -2.19. The fraction of sp³-hybridized carbons (Fsp3) is 0.167. The van der Waals surface area contributed by atoms with Crippen molar-refractivity contribution in [1.82, 2.24) is 0 Å². The fourth-order valence-corrected chi connectivity index (χ4v) is 5.08. The van der Waals surface area contributed by atoms with Crippen molar-refractivity contribution in [2.24, 2.45) is 5.92 Å². The number of benzene rings is 3. The molecule has 4 rings (SSSR count). The Morgan fingerprint density at radius 1 is 0.971 bits per heavy atom. The highest BCUT2D eigenvalue weighted by atomic mass is 35.5. The second-order valence-corrected chi connectivity index (χ2v) is 10.5. The van der Waals surface area contributed by atoms with E-state index in [4.69, 9.17) is 58.0 Å². The molecular formula is C24H14Cl5F2N2O2. The average molecular weight is 578 g/mol. The van der Waals surface area contributed by atoms with Gasteiger partial charge in [0, 0.05) is 18.7 Å². The van der Waals surface area contributed by atoms with Gasteiger partial charge in [0.1, 0.15) is 10.2 Å². The van der Waals surface area contributed by atoms with Crippen LogP contribution in [0.25, 0.3) is 0 Å². The minimum absolute atomic E-state index is 0.0180. The molecule has 11 heteroatoms. The van der Waals surface area contributed by atoms with Gasteiger partial charge in [0.15, 0.2) is 5.82 Å². The van der Waals surface area contributed by atoms with E-state index >= 15 is 0 Å². The number of hydrogen-bond acceptors (Lipinski definition) is 2. The summed E-state index contributed by atoms with van der Waals surface area (Å²) in [5.74, 6) is -4.44. The number of amides is 2. The number of halogens is 7. The molecule has 1 aliphatic rings. The molecule has 181 valence electrons. The van der Waals surface area contributed by atoms with Crippen molar-refractivity contribution >= 4 is 81.2 Å². The molecule has 1 N–H and O–H groups in total. The lowest BCUT2D eigenvalue weighted by atomic mass is 10.1. The van der Waals surface area contributed by atoms with Gasteiger partial charge in [-0.1, -0.05) is 40.9 Å². The first-order valence-electron chi connectivity index (χ1n) is 10.0. The van der Waals surface area contributed by atoms with Crippen LogP contribution in [0.2, 0.25) is 15.1 Å². The van der Waals surface area contributed by atoms with Gasteiger partial charge in [-0.2, -0.15) is 0 Å². The average Bonchev–Trinajstić information content (AvgIpc) is 3.38. The van der Waals surface area contributed by atoms with Crippen molar-refractivity contribution in [2.45, 2.75) is 10.3 Å². The summed E-state index contributed by atoms with van der Waals surface area (Å²) in [5.41, 5.74) is 0.677. The van der Waals surface area contributed by atoms with Crippen LogP contribution in [0.4, 0.5) is 20.2 Å². The van der Waals surface area contributed by atoms with E-state index in [1.54, 1.807) is 18.2 Å². The predicted octanol–water partition coefficient (Wildman–Crippen LogP) is 7.53. The normalized spacial score (nSPS) is 18.2. The molecule has 2 unspecified atom stereocenters. The highest BCUT2D eigenvalue weighted by Gasteiger charge is 2.67. The van der Waals surface area contributed by atoms with Gasteiger partial charge in [0.05, 0.1) is 38.3 Å². The second kappa shape index (κ2) is 9.75. The number of alkyl halides is 2. The zero-order valence-corrected chi connectivity index (χ0v) is 21.5. The van der Waals surface area contributed by atoms with Gasteiger partial charge < -0.3 is 10.2 Å². The highest BCUT2D eigenvalue weighted by molar-refractivity contribution is 6.53. The van der Waals surface area contributed by atoms with Crippen molar-refractivity contribution in [3.05, 3.63) is 92.4 Å². The smallest absolute Gasteiger partial charge is 0.259 e. The van der Waals surface area contributed by atoms with E-state index in [1.165, 1.54) is 25.2 Å². The Balaban J connectivity index is 1.54. The van der Waals surface area contributed by atoms with Crippen molar-refractivity contribution in [3.63, 3.8) is 0 Å². The van der Waals surface area contributed by atoms with Crippen molar-refractivity contribution in [1.29, 1.82) is 0 Å². The van der Waals surface area contributed by atoms with Gasteiger partial charge >= 0.3 is 0 Å². The number of nitrogens with zero attached hydrogens (tertiary/aromatic N) is 1. The van der Waals surface area contributed by atoms with Gasteiger partial charge in [-0.15, -0.1) is 23.2 Å². The third-order valence-corrected chi connectivity index (χ3v) is 7.62. The highest BCUT2D eigenvalue weighted by Crippen LogP contribution is 2.65. The Morgan fingerprint density at radius 3 is 2.31 bits per heavy atom. The first-order chi connectivity index (χ1) is 16.4. The third-order valence-electron chi connectivity index (χ3n) is 5.61. The lowest BCUT2D eigenvalue weighted by molar-refractivity contribution is -0.117. The molecule has 2 amide bonds. The van der Waals surface area contributed by atoms with Crippen LogP contribution < -0.4 is 10.2 Å². The first-order valence-corrected chi connectivity index (χ1v) is 11.9. The standard InChI is InChI=1S/C24H14Cl5F2N2O2/c1-33(19-7-3-12(30)9-18(19)31)23(35)14-10-13(4-6-15(14)25)32-22(34)21-20(24(21,28)29)11-2-5-16(26)17(27)8-11/h2-8,10,20-21H,1H3,(H,32,34). The molecule has 1 saturated carbocycles. The summed E-state index contributed by atoms with van der Waals surface area (Å²) in [6.07, 6.45) is 0. The van der Waals surface area contributed by atoms with Gasteiger partial charge in [0.2, 0.25) is 5.91 Å². The van der Waals surface area contributed by atoms with E-state index < -0.39 is 39.6 Å². The van der Waals surface area contributed by atoms with Crippen LogP contribution in [0.1, 0.15) is 21.8 Å². The summed E-state index contributed by atoms with van der Waals surface area (Å²) >= 11 is 31.0. The summed E-state index contributed by atoms with van der Waals surface area (Å²) in [7, 11) is 1.30. The Labute approximate surface area is 224 Å². The molecule has 0 heterocycles. The topological polar surface area (TPSA) is 49.4 Å². The largest absolute Gasteiger partial charge is 0.326 e. The van der Waals surface area contributed by atoms with Crippen LogP contribution >= 0.6 is 58.0 Å². The quantitative estimate of drug-likeness (QED) is 0.319. The Hall–Kier alpha value is -2.09. The Morgan fingerprint density at radius 2 is 1.66 bits per heavy atom. The number of rotatable bonds is 5. The summed E-state index contributed by atoms with van der Waals surface area (Å²) in [6, 6.07) is 13.1. The molecule has 3 aromatic carbocycles. The van der Waals surface area contributed by atoms with Gasteiger partial charge in [0.25, 0.3) is 5.91 Å². The van der Waals surface area contributed by atoms with E-state index in [0.29, 0.717) is 15.6 Å². The van der Waals surface area contributed by atoms with E-state index in [-0.39, 0.29) is 22.0 Å². The van der Waals surface area contributed by atoms with E-state index in [1.807, 2.05) is 6.07 Å². The monoisotopic (exact) mass is 575 g/mol. The predicted molar refractivity (Wildman–Crippen MR) is 135 cm³/mol. The minimum Gasteiger partial charge on any atom is -0.326 e. The summed E-state index contributed by atoms with van der Waals surface area (Å²) < 4.78 is 25.9. The molecule has 0 aromatic heterocycles. The second-order valence-electron chi connectivity index (χ2n) is 7.86. The van der Waals surface area contributed by atoms with Crippen LogP contribution in [-0.2, 0) is 4.79 Å². The molecule has 1 fully saturated rings. The van der Waals surface area contributed by atoms with Crippen molar-refractivity contribution < 1.29 is 18.4 Å². The minimum atomic E-state index is -1.37. The zero-order valence-electron chi connectivity index (χ0n) is 17.7. The number of carbonyl (C=O) groups excluding carboxylic acids is 2. The molecule has 3 aromatic rings. The van der Waals surface area contributed by atoms with Crippen molar-refractivity contribution in [2.75, 3.05) is 17.3 Å². The summed E-state index contributed by atoms with van der Waals surface area (Å²) in [4.78, 5) is 26.9. The zero-order chi connectivity index (χ0) is 25.7. The molecule has 1 radical (unpaired) electrons. The maximum Gasteiger partial charge on any atom is 0.259 e. The van der Waals surface area contributed by atoms with E-state index in [0.717, 1.165) is 17.0 Å². The van der Waals surface area contributed by atoms with E-state index in [2.05, 4.69) is 5.32 Å². The molecule has 0 spiro atoms. The molecular weight excluding hydrogens is 564 g/mol. The summed E-state index contributed by atoms with van der Waals surface area (Å²) in [6.45, 7) is 0. The maximum atomic E-state index is 14.1.